The number of hydrogen-bond donors (Lipinski definition) is 0. The zero-order chi connectivity index (χ0) is 49.5. The molecule has 4 nitrogen and oxygen atoms in total. The van der Waals surface area contributed by atoms with E-state index in [4.69, 9.17) is 4.42 Å². The molecule has 0 amide bonds. The zero-order valence-corrected chi connectivity index (χ0v) is 43.5. The predicted molar refractivity (Wildman–Crippen MR) is 305 cm³/mol. The summed E-state index contributed by atoms with van der Waals surface area (Å²) in [5.74, 6) is 0.882. The highest BCUT2D eigenvalue weighted by Crippen LogP contribution is 2.52. The number of rotatable bonds is 5. The van der Waals surface area contributed by atoms with Gasteiger partial charge in [-0.1, -0.05) is 180 Å². The highest BCUT2D eigenvalue weighted by molar-refractivity contribution is 6.91. The molecule has 0 fully saturated rings. The molecule has 0 bridgehead atoms. The first kappa shape index (κ1) is 44.9. The quantitative estimate of drug-likeness (QED) is 0.161. The van der Waals surface area contributed by atoms with Gasteiger partial charge in [-0.3, -0.25) is 4.90 Å². The summed E-state index contributed by atoms with van der Waals surface area (Å²) in [6, 6.07) is 63.9. The lowest BCUT2D eigenvalue weighted by Crippen LogP contribution is -2.56. The van der Waals surface area contributed by atoms with Gasteiger partial charge < -0.3 is 13.8 Å². The van der Waals surface area contributed by atoms with Gasteiger partial charge in [0.1, 0.15) is 5.58 Å². The highest BCUT2D eigenvalue weighted by atomic mass is 16.4. The fraction of sp³-hybridized carbons (Fsp3) is 0.242. The standard InChI is InChI=1S/C66H64BN3O/c1-63(2,3)42-30-33-47(34-31-42)69-56-40-45(66(10,11)12)37-49-50-38-44(65(7,8)9)39-52-58-54(68(46-24-17-14-18-25-46)53-27-20-19-26-48(53)41-22-15-13-16-23-41)28-21-29-55(58)70(61(50)52)67(59(49)56)60-51-36-43(64(4,5)6)32-35-57(51)71-62(60)69/h13-40H,1-12H3. The van der Waals surface area contributed by atoms with Gasteiger partial charge in [0.25, 0.3) is 0 Å². The molecule has 5 heteroatoms. The number of anilines is 6. The van der Waals surface area contributed by atoms with Crippen molar-refractivity contribution < 1.29 is 4.42 Å². The van der Waals surface area contributed by atoms with Gasteiger partial charge in [0, 0.05) is 60.8 Å². The number of furan rings is 1. The van der Waals surface area contributed by atoms with Crippen LogP contribution in [0.25, 0.3) is 55.0 Å². The van der Waals surface area contributed by atoms with Crippen LogP contribution in [0.5, 0.6) is 0 Å². The molecule has 71 heavy (non-hydrogen) atoms. The molecule has 0 radical (unpaired) electrons. The van der Waals surface area contributed by atoms with E-state index in [1.54, 1.807) is 0 Å². The van der Waals surface area contributed by atoms with E-state index in [0.717, 1.165) is 39.6 Å². The number of fused-ring (bicyclic) bond motifs is 9. The normalized spacial score (nSPS) is 13.6. The van der Waals surface area contributed by atoms with Gasteiger partial charge in [0.2, 0.25) is 5.88 Å². The van der Waals surface area contributed by atoms with Crippen LogP contribution in [0.15, 0.2) is 174 Å². The van der Waals surface area contributed by atoms with Crippen LogP contribution in [-0.4, -0.2) is 11.3 Å². The Morgan fingerprint density at radius 1 is 0.451 bits per heavy atom. The van der Waals surface area contributed by atoms with Crippen molar-refractivity contribution in [1.82, 2.24) is 4.48 Å². The van der Waals surface area contributed by atoms with Gasteiger partial charge in [-0.05, 0) is 133 Å². The van der Waals surface area contributed by atoms with Crippen LogP contribution in [0.1, 0.15) is 105 Å². The first-order valence-electron chi connectivity index (χ1n) is 25.5. The van der Waals surface area contributed by atoms with Crippen LogP contribution in [0.2, 0.25) is 0 Å². The first-order valence-corrected chi connectivity index (χ1v) is 25.5. The molecule has 0 aliphatic carbocycles. The van der Waals surface area contributed by atoms with Crippen molar-refractivity contribution in [1.29, 1.82) is 0 Å². The summed E-state index contributed by atoms with van der Waals surface area (Å²) in [6.45, 7) is 27.7. The fourth-order valence-corrected chi connectivity index (χ4v) is 11.5. The van der Waals surface area contributed by atoms with Gasteiger partial charge in [0.15, 0.2) is 0 Å². The summed E-state index contributed by atoms with van der Waals surface area (Å²) in [5, 5.41) is 3.65. The molecule has 10 aromatic rings. The molecule has 2 aliphatic heterocycles. The zero-order valence-electron chi connectivity index (χ0n) is 43.5. The molecule has 0 spiro atoms. The molecule has 0 N–H and O–H groups in total. The molecule has 8 aromatic carbocycles. The van der Waals surface area contributed by atoms with Gasteiger partial charge in [0.05, 0.1) is 11.4 Å². The lowest BCUT2D eigenvalue weighted by Gasteiger charge is -2.39. The Hall–Kier alpha value is -7.24. The monoisotopic (exact) mass is 926 g/mol. The Morgan fingerprint density at radius 3 is 1.70 bits per heavy atom. The average molecular weight is 926 g/mol. The van der Waals surface area contributed by atoms with E-state index in [0.29, 0.717) is 0 Å². The third-order valence-corrected chi connectivity index (χ3v) is 15.4. The third kappa shape index (κ3) is 7.09. The fourth-order valence-electron chi connectivity index (χ4n) is 11.5. The van der Waals surface area contributed by atoms with Crippen LogP contribution < -0.4 is 20.7 Å². The molecule has 12 rings (SSSR count). The van der Waals surface area contributed by atoms with Gasteiger partial charge in [-0.2, -0.15) is 0 Å². The second-order valence-electron chi connectivity index (χ2n) is 24.3. The molecular weight excluding hydrogens is 862 g/mol. The Bertz CT molecular complexity index is 3740. The minimum atomic E-state index is -0.199. The number of hydrogen-bond acceptors (Lipinski definition) is 3. The molecule has 0 atom stereocenters. The van der Waals surface area contributed by atoms with Crippen molar-refractivity contribution in [3.8, 4) is 22.3 Å². The van der Waals surface area contributed by atoms with Gasteiger partial charge >= 0.3 is 6.85 Å². The van der Waals surface area contributed by atoms with E-state index in [9.17, 15) is 0 Å². The number of nitrogens with zero attached hydrogens (tertiary/aromatic N) is 3. The molecule has 0 unspecified atom stereocenters. The predicted octanol–water partition coefficient (Wildman–Crippen LogP) is 17.3. The smallest absolute Gasteiger partial charge is 0.337 e. The minimum Gasteiger partial charge on any atom is -0.440 e. The van der Waals surface area contributed by atoms with Gasteiger partial charge in [-0.15, -0.1) is 0 Å². The summed E-state index contributed by atoms with van der Waals surface area (Å²) in [4.78, 5) is 4.96. The lowest BCUT2D eigenvalue weighted by molar-refractivity contribution is 0.588. The largest absolute Gasteiger partial charge is 0.440 e. The molecule has 0 saturated heterocycles. The van der Waals surface area contributed by atoms with E-state index in [1.807, 2.05) is 0 Å². The highest BCUT2D eigenvalue weighted by Gasteiger charge is 2.47. The maximum absolute atomic E-state index is 7.37. The maximum Gasteiger partial charge on any atom is 0.337 e. The van der Waals surface area contributed by atoms with E-state index in [1.165, 1.54) is 82.9 Å². The molecule has 2 aliphatic rings. The van der Waals surface area contributed by atoms with Crippen LogP contribution >= 0.6 is 0 Å². The number of aromatic nitrogens is 1. The van der Waals surface area contributed by atoms with E-state index in [-0.39, 0.29) is 28.5 Å². The molecule has 2 aromatic heterocycles. The summed E-state index contributed by atoms with van der Waals surface area (Å²) >= 11 is 0. The van der Waals surface area contributed by atoms with E-state index >= 15 is 0 Å². The Labute approximate surface area is 420 Å². The average Bonchev–Trinajstić information content (AvgIpc) is 3.89. The molecule has 352 valence electrons. The maximum atomic E-state index is 7.37. The SMILES string of the molecule is CC(C)(C)c1ccc(N2c3cc(C(C)(C)C)cc4c3B(c3c2oc2ccc(C(C)(C)C)cc32)n2c3cccc(N(c5ccccc5)c5ccccc5-c5ccccc5)c3c3cc(C(C)(C)C)cc-4c32)cc1. The first-order chi connectivity index (χ1) is 33.8. The van der Waals surface area contributed by atoms with E-state index < -0.39 is 0 Å². The van der Waals surface area contributed by atoms with Crippen molar-refractivity contribution in [3.05, 3.63) is 192 Å². The topological polar surface area (TPSA) is 24.6 Å². The molecule has 0 saturated carbocycles. The second-order valence-corrected chi connectivity index (χ2v) is 24.3. The van der Waals surface area contributed by atoms with Crippen LogP contribution in [-0.2, 0) is 21.7 Å². The number of benzene rings is 8. The lowest BCUT2D eigenvalue weighted by atomic mass is 9.45. The van der Waals surface area contributed by atoms with Crippen LogP contribution in [0.3, 0.4) is 0 Å². The Kier molecular flexibility index (Phi) is 9.89. The summed E-state index contributed by atoms with van der Waals surface area (Å²) < 4.78 is 10.1. The van der Waals surface area contributed by atoms with E-state index in [2.05, 4.69) is 267 Å². The summed E-state index contributed by atoms with van der Waals surface area (Å²) in [7, 11) is 0. The molecular formula is C66H64BN3O. The van der Waals surface area contributed by atoms with Crippen LogP contribution in [0, 0.1) is 0 Å². The summed E-state index contributed by atoms with van der Waals surface area (Å²) in [5.41, 5.74) is 21.3. The molecule has 4 heterocycles. The third-order valence-electron chi connectivity index (χ3n) is 15.4. The van der Waals surface area contributed by atoms with Crippen molar-refractivity contribution in [2.24, 2.45) is 0 Å². The second kappa shape index (κ2) is 15.6. The van der Waals surface area contributed by atoms with Crippen molar-refractivity contribution >= 4 is 84.9 Å². The summed E-state index contributed by atoms with van der Waals surface area (Å²) in [6.07, 6.45) is 0. The Morgan fingerprint density at radius 2 is 1.03 bits per heavy atom. The minimum absolute atomic E-state index is 0.0125. The van der Waals surface area contributed by atoms with Gasteiger partial charge in [-0.25, -0.2) is 0 Å². The number of para-hydroxylation sites is 2. The van der Waals surface area contributed by atoms with Crippen molar-refractivity contribution in [2.75, 3.05) is 9.80 Å². The Balaban J connectivity index is 1.25. The van der Waals surface area contributed by atoms with Crippen LogP contribution in [0.4, 0.5) is 34.3 Å². The van der Waals surface area contributed by atoms with Crippen molar-refractivity contribution in [2.45, 2.75) is 105 Å². The van der Waals surface area contributed by atoms with Crippen molar-refractivity contribution in [3.63, 3.8) is 0 Å².